The van der Waals surface area contributed by atoms with E-state index in [0.717, 1.165) is 48.5 Å². The van der Waals surface area contributed by atoms with Gasteiger partial charge in [-0.1, -0.05) is 25.4 Å². The van der Waals surface area contributed by atoms with E-state index >= 15 is 0 Å². The fourth-order valence-electron chi connectivity index (χ4n) is 3.47. The van der Waals surface area contributed by atoms with Gasteiger partial charge in [0.2, 0.25) is 0 Å². The van der Waals surface area contributed by atoms with Gasteiger partial charge in [-0.25, -0.2) is 0 Å². The number of halogens is 1. The molecule has 0 unspecified atom stereocenters. The van der Waals surface area contributed by atoms with Crippen molar-refractivity contribution in [1.29, 1.82) is 0 Å². The molecule has 0 bridgehead atoms. The molecule has 0 radical (unpaired) electrons. The van der Waals surface area contributed by atoms with Crippen LogP contribution in [0.25, 0.3) is 10.9 Å². The van der Waals surface area contributed by atoms with Gasteiger partial charge in [0.15, 0.2) is 0 Å². The Morgan fingerprint density at radius 2 is 1.70 bits per heavy atom. The molecule has 0 fully saturated rings. The summed E-state index contributed by atoms with van der Waals surface area (Å²) in [6.07, 6.45) is 1.76. The van der Waals surface area contributed by atoms with Gasteiger partial charge in [0.1, 0.15) is 0 Å². The zero-order valence-corrected chi connectivity index (χ0v) is 18.6. The summed E-state index contributed by atoms with van der Waals surface area (Å²) in [6.45, 7) is 10.6. The van der Waals surface area contributed by atoms with Crippen LogP contribution in [0, 0.1) is 0 Å². The molecule has 2 aromatic carbocycles. The molecule has 0 aliphatic carbocycles. The van der Waals surface area contributed by atoms with Gasteiger partial charge in [0, 0.05) is 53.2 Å². The van der Waals surface area contributed by atoms with Gasteiger partial charge in [-0.3, -0.25) is 9.78 Å². The Morgan fingerprint density at radius 3 is 2.37 bits per heavy atom. The molecule has 1 aromatic heterocycles. The van der Waals surface area contributed by atoms with Crippen molar-refractivity contribution < 1.29 is 4.79 Å². The topological polar surface area (TPSA) is 48.5 Å². The molecule has 0 aliphatic rings. The van der Waals surface area contributed by atoms with Crippen molar-refractivity contribution in [3.63, 3.8) is 0 Å². The maximum atomic E-state index is 12.9. The van der Waals surface area contributed by atoms with Crippen LogP contribution < -0.4 is 5.32 Å². The zero-order chi connectivity index (χ0) is 21.5. The van der Waals surface area contributed by atoms with E-state index in [1.807, 2.05) is 60.4 Å². The van der Waals surface area contributed by atoms with Crippen LogP contribution in [0.3, 0.4) is 0 Å². The van der Waals surface area contributed by atoms with Gasteiger partial charge in [-0.05, 0) is 68.5 Å². The van der Waals surface area contributed by atoms with E-state index in [4.69, 9.17) is 11.6 Å². The number of benzene rings is 2. The number of rotatable bonds is 9. The number of nitrogens with zero attached hydrogens (tertiary/aromatic N) is 3. The van der Waals surface area contributed by atoms with E-state index in [2.05, 4.69) is 29.0 Å². The summed E-state index contributed by atoms with van der Waals surface area (Å²) >= 11 is 6.07. The Balaban J connectivity index is 1.71. The van der Waals surface area contributed by atoms with E-state index in [1.165, 1.54) is 0 Å². The van der Waals surface area contributed by atoms with Gasteiger partial charge in [0.05, 0.1) is 5.52 Å². The third-order valence-corrected chi connectivity index (χ3v) is 5.60. The Labute approximate surface area is 183 Å². The number of likely N-dealkylation sites (N-methyl/N-ethyl adjacent to an activating group) is 2. The van der Waals surface area contributed by atoms with Crippen molar-refractivity contribution >= 4 is 39.8 Å². The number of amides is 1. The van der Waals surface area contributed by atoms with Crippen LogP contribution >= 0.6 is 11.6 Å². The minimum atomic E-state index is 0.0696. The molecule has 0 atom stereocenters. The number of hydrogen-bond acceptors (Lipinski definition) is 4. The Hall–Kier alpha value is -2.63. The first-order valence-electron chi connectivity index (χ1n) is 10.5. The predicted molar refractivity (Wildman–Crippen MR) is 126 cm³/mol. The zero-order valence-electron chi connectivity index (χ0n) is 17.9. The Kier molecular flexibility index (Phi) is 7.66. The smallest absolute Gasteiger partial charge is 0.253 e. The summed E-state index contributed by atoms with van der Waals surface area (Å²) in [4.78, 5) is 21.5. The van der Waals surface area contributed by atoms with Crippen molar-refractivity contribution in [3.05, 3.63) is 65.3 Å². The summed E-state index contributed by atoms with van der Waals surface area (Å²) in [5.41, 5.74) is 3.41. The normalized spacial score (nSPS) is 11.1. The summed E-state index contributed by atoms with van der Waals surface area (Å²) < 4.78 is 0. The molecule has 158 valence electrons. The average Bonchev–Trinajstić information content (AvgIpc) is 2.77. The second kappa shape index (κ2) is 10.4. The lowest BCUT2D eigenvalue weighted by Gasteiger charge is -2.25. The number of pyridine rings is 1. The molecular formula is C24H29ClN4O. The van der Waals surface area contributed by atoms with Crippen LogP contribution in [-0.4, -0.2) is 53.4 Å². The average molecular weight is 425 g/mol. The van der Waals surface area contributed by atoms with Crippen molar-refractivity contribution in [2.24, 2.45) is 0 Å². The van der Waals surface area contributed by atoms with E-state index in [0.29, 0.717) is 17.1 Å². The molecule has 1 amide bonds. The van der Waals surface area contributed by atoms with Gasteiger partial charge in [0.25, 0.3) is 5.91 Å². The van der Waals surface area contributed by atoms with Crippen LogP contribution in [0.4, 0.5) is 11.4 Å². The van der Waals surface area contributed by atoms with E-state index in [9.17, 15) is 4.79 Å². The SMILES string of the molecule is CCN(CC)CCN(CC)C(=O)c1ccc(Nc2ccnc3cc(Cl)ccc23)cc1. The molecule has 1 N–H and O–H groups in total. The van der Waals surface area contributed by atoms with E-state index in [-0.39, 0.29) is 5.91 Å². The van der Waals surface area contributed by atoms with E-state index < -0.39 is 0 Å². The highest BCUT2D eigenvalue weighted by Crippen LogP contribution is 2.27. The van der Waals surface area contributed by atoms with Gasteiger partial charge in [-0.15, -0.1) is 0 Å². The third-order valence-electron chi connectivity index (χ3n) is 5.37. The lowest BCUT2D eigenvalue weighted by molar-refractivity contribution is 0.0747. The molecule has 0 saturated carbocycles. The van der Waals surface area contributed by atoms with Crippen LogP contribution in [0.15, 0.2) is 54.7 Å². The largest absolute Gasteiger partial charge is 0.355 e. The highest BCUT2D eigenvalue weighted by Gasteiger charge is 2.15. The highest BCUT2D eigenvalue weighted by atomic mass is 35.5. The number of carbonyl (C=O) groups is 1. The number of nitrogens with one attached hydrogen (secondary N) is 1. The maximum absolute atomic E-state index is 12.9. The van der Waals surface area contributed by atoms with Crippen molar-refractivity contribution in [1.82, 2.24) is 14.8 Å². The molecular weight excluding hydrogens is 396 g/mol. The molecule has 0 spiro atoms. The van der Waals surface area contributed by atoms with Crippen LogP contribution in [-0.2, 0) is 0 Å². The second-order valence-corrected chi connectivity index (χ2v) is 7.57. The first-order valence-corrected chi connectivity index (χ1v) is 10.9. The quantitative estimate of drug-likeness (QED) is 0.497. The maximum Gasteiger partial charge on any atom is 0.253 e. The van der Waals surface area contributed by atoms with Crippen LogP contribution in [0.2, 0.25) is 5.02 Å². The first kappa shape index (κ1) is 22.1. The van der Waals surface area contributed by atoms with Gasteiger partial charge >= 0.3 is 0 Å². The number of aromatic nitrogens is 1. The number of hydrogen-bond donors (Lipinski definition) is 1. The van der Waals surface area contributed by atoms with Gasteiger partial charge in [-0.2, -0.15) is 0 Å². The Morgan fingerprint density at radius 1 is 0.967 bits per heavy atom. The molecule has 3 aromatic rings. The second-order valence-electron chi connectivity index (χ2n) is 7.13. The van der Waals surface area contributed by atoms with Crippen LogP contribution in [0.5, 0.6) is 0 Å². The standard InChI is InChI=1S/C24H29ClN4O/c1-4-28(5-2)15-16-29(6-3)24(30)18-7-10-20(11-8-18)27-22-13-14-26-23-17-19(25)9-12-21(22)23/h7-14,17H,4-6,15-16H2,1-3H3,(H,26,27). The Bertz CT molecular complexity index is 986. The molecule has 5 nitrogen and oxygen atoms in total. The minimum absolute atomic E-state index is 0.0696. The summed E-state index contributed by atoms with van der Waals surface area (Å²) in [7, 11) is 0. The van der Waals surface area contributed by atoms with Crippen LogP contribution in [0.1, 0.15) is 31.1 Å². The molecule has 0 saturated heterocycles. The summed E-state index contributed by atoms with van der Waals surface area (Å²) in [5.74, 6) is 0.0696. The highest BCUT2D eigenvalue weighted by molar-refractivity contribution is 6.31. The van der Waals surface area contributed by atoms with Crippen molar-refractivity contribution in [2.75, 3.05) is 38.0 Å². The minimum Gasteiger partial charge on any atom is -0.355 e. The third kappa shape index (κ3) is 5.29. The monoisotopic (exact) mass is 424 g/mol. The molecule has 30 heavy (non-hydrogen) atoms. The summed E-state index contributed by atoms with van der Waals surface area (Å²) in [5, 5.41) is 5.08. The number of fused-ring (bicyclic) bond motifs is 1. The lowest BCUT2D eigenvalue weighted by atomic mass is 10.1. The first-order chi connectivity index (χ1) is 14.5. The molecule has 0 aliphatic heterocycles. The molecule has 1 heterocycles. The van der Waals surface area contributed by atoms with Crippen molar-refractivity contribution in [3.8, 4) is 0 Å². The lowest BCUT2D eigenvalue weighted by Crippen LogP contribution is -2.38. The number of carbonyl (C=O) groups excluding carboxylic acids is 1. The molecule has 6 heteroatoms. The van der Waals surface area contributed by atoms with Gasteiger partial charge < -0.3 is 15.1 Å². The fourth-order valence-corrected chi connectivity index (χ4v) is 3.64. The van der Waals surface area contributed by atoms with E-state index in [1.54, 1.807) is 6.20 Å². The summed E-state index contributed by atoms with van der Waals surface area (Å²) in [6, 6.07) is 15.2. The fraction of sp³-hybridized carbons (Fsp3) is 0.333. The van der Waals surface area contributed by atoms with Crippen molar-refractivity contribution in [2.45, 2.75) is 20.8 Å². The predicted octanol–water partition coefficient (Wildman–Crippen LogP) is 5.44. The number of anilines is 2. The molecule has 3 rings (SSSR count).